The lowest BCUT2D eigenvalue weighted by atomic mass is 10.2. The predicted molar refractivity (Wildman–Crippen MR) is 90.5 cm³/mol. The molecule has 1 aliphatic heterocycles. The maximum Gasteiger partial charge on any atom is 0.107 e. The number of nitrogens with zero attached hydrogens (tertiary/aromatic N) is 3. The van der Waals surface area contributed by atoms with E-state index in [9.17, 15) is 5.11 Å². The summed E-state index contributed by atoms with van der Waals surface area (Å²) >= 11 is 1.68. The van der Waals surface area contributed by atoms with E-state index in [1.807, 2.05) is 30.5 Å². The minimum atomic E-state index is 0.0212. The predicted octanol–water partition coefficient (Wildman–Crippen LogP) is 2.39. The van der Waals surface area contributed by atoms with Crippen LogP contribution >= 0.6 is 11.3 Å². The Balaban J connectivity index is 1.66. The first-order chi connectivity index (χ1) is 11.3. The Bertz CT molecular complexity index is 805. The van der Waals surface area contributed by atoms with Crippen molar-refractivity contribution in [1.29, 1.82) is 0 Å². The highest BCUT2D eigenvalue weighted by atomic mass is 32.1. The summed E-state index contributed by atoms with van der Waals surface area (Å²) in [6.07, 6.45) is 2.02. The van der Waals surface area contributed by atoms with Crippen LogP contribution in [-0.4, -0.2) is 45.7 Å². The fraction of sp³-hybridized carbons (Fsp3) is 0.353. The quantitative estimate of drug-likeness (QED) is 0.798. The van der Waals surface area contributed by atoms with Gasteiger partial charge in [-0.25, -0.2) is 4.98 Å². The van der Waals surface area contributed by atoms with Gasteiger partial charge in [-0.1, -0.05) is 6.07 Å². The fourth-order valence-electron chi connectivity index (χ4n) is 3.03. The minimum Gasteiger partial charge on any atom is -0.392 e. The van der Waals surface area contributed by atoms with Crippen molar-refractivity contribution in [2.75, 3.05) is 26.3 Å². The number of thiazole rings is 1. The van der Waals surface area contributed by atoms with Gasteiger partial charge in [0.15, 0.2) is 0 Å². The van der Waals surface area contributed by atoms with Crippen LogP contribution in [0.15, 0.2) is 35.8 Å². The van der Waals surface area contributed by atoms with E-state index >= 15 is 0 Å². The second-order valence-electron chi connectivity index (χ2n) is 5.69. The molecule has 3 aromatic rings. The highest BCUT2D eigenvalue weighted by Gasteiger charge is 2.17. The highest BCUT2D eigenvalue weighted by Crippen LogP contribution is 2.29. The molecule has 5 nitrogen and oxygen atoms in total. The number of hydrogen-bond acceptors (Lipinski definition) is 5. The molecule has 0 amide bonds. The Morgan fingerprint density at radius 2 is 2.13 bits per heavy atom. The number of aliphatic hydroxyl groups is 1. The zero-order valence-electron chi connectivity index (χ0n) is 12.8. The standard InChI is InChI=1S/C17H19N3O2S/c21-11-13-9-14-3-1-2-4-20(14)17(13)15-12-23-16(18-15)10-19-5-7-22-8-6-19/h1-4,9,12,21H,5-8,10-11H2. The molecule has 0 radical (unpaired) electrons. The first-order valence-electron chi connectivity index (χ1n) is 7.80. The summed E-state index contributed by atoms with van der Waals surface area (Å²) in [6.45, 7) is 4.42. The van der Waals surface area contributed by atoms with Gasteiger partial charge in [0.2, 0.25) is 0 Å². The molecule has 0 aromatic carbocycles. The van der Waals surface area contributed by atoms with E-state index in [4.69, 9.17) is 9.72 Å². The third-order valence-corrected chi connectivity index (χ3v) is 5.02. The number of aliphatic hydroxyl groups excluding tert-OH is 1. The number of ether oxygens (including phenoxy) is 1. The van der Waals surface area contributed by atoms with Gasteiger partial charge in [0.1, 0.15) is 5.01 Å². The SMILES string of the molecule is OCc1cc2ccccn2c1-c1csc(CN2CCOCC2)n1. The van der Waals surface area contributed by atoms with Gasteiger partial charge in [-0.2, -0.15) is 0 Å². The molecule has 6 heteroatoms. The number of aromatic nitrogens is 2. The van der Waals surface area contributed by atoms with Crippen LogP contribution in [-0.2, 0) is 17.9 Å². The second-order valence-corrected chi connectivity index (χ2v) is 6.63. The van der Waals surface area contributed by atoms with Gasteiger partial charge in [-0.3, -0.25) is 4.90 Å². The van der Waals surface area contributed by atoms with Crippen LogP contribution in [0.4, 0.5) is 0 Å². The van der Waals surface area contributed by atoms with E-state index in [0.717, 1.165) is 60.3 Å². The molecule has 0 spiro atoms. The number of pyridine rings is 1. The molecule has 3 aromatic heterocycles. The average molecular weight is 329 g/mol. The van der Waals surface area contributed by atoms with Gasteiger partial charge in [-0.15, -0.1) is 11.3 Å². The molecule has 23 heavy (non-hydrogen) atoms. The lowest BCUT2D eigenvalue weighted by molar-refractivity contribution is 0.0342. The molecule has 0 unspecified atom stereocenters. The highest BCUT2D eigenvalue weighted by molar-refractivity contribution is 7.09. The molecule has 0 bridgehead atoms. The lowest BCUT2D eigenvalue weighted by Crippen LogP contribution is -2.35. The normalized spacial score (nSPS) is 16.2. The van der Waals surface area contributed by atoms with Crippen LogP contribution in [0.1, 0.15) is 10.6 Å². The fourth-order valence-corrected chi connectivity index (χ4v) is 3.85. The molecule has 4 heterocycles. The summed E-state index contributed by atoms with van der Waals surface area (Å²) in [7, 11) is 0. The van der Waals surface area contributed by atoms with Crippen LogP contribution in [0.3, 0.4) is 0 Å². The van der Waals surface area contributed by atoms with Gasteiger partial charge in [0, 0.05) is 35.7 Å². The molecule has 0 atom stereocenters. The van der Waals surface area contributed by atoms with Crippen molar-refractivity contribution in [3.8, 4) is 11.4 Å². The van der Waals surface area contributed by atoms with Crippen molar-refractivity contribution < 1.29 is 9.84 Å². The summed E-state index contributed by atoms with van der Waals surface area (Å²) in [5, 5.41) is 12.9. The summed E-state index contributed by atoms with van der Waals surface area (Å²) in [4.78, 5) is 7.18. The molecule has 1 saturated heterocycles. The Morgan fingerprint density at radius 1 is 1.26 bits per heavy atom. The topological polar surface area (TPSA) is 50.0 Å². The Morgan fingerprint density at radius 3 is 2.96 bits per heavy atom. The molecule has 4 rings (SSSR count). The van der Waals surface area contributed by atoms with Crippen molar-refractivity contribution in [1.82, 2.24) is 14.3 Å². The van der Waals surface area contributed by atoms with Crippen molar-refractivity contribution in [3.63, 3.8) is 0 Å². The summed E-state index contributed by atoms with van der Waals surface area (Å²) in [6, 6.07) is 8.07. The van der Waals surface area contributed by atoms with Crippen LogP contribution in [0, 0.1) is 0 Å². The number of fused-ring (bicyclic) bond motifs is 1. The number of morpholine rings is 1. The first-order valence-corrected chi connectivity index (χ1v) is 8.68. The van der Waals surface area contributed by atoms with E-state index in [-0.39, 0.29) is 6.61 Å². The number of rotatable bonds is 4. The van der Waals surface area contributed by atoms with Gasteiger partial charge >= 0.3 is 0 Å². The Labute approximate surface area is 138 Å². The zero-order chi connectivity index (χ0) is 15.6. The van der Waals surface area contributed by atoms with Crippen molar-refractivity contribution in [2.45, 2.75) is 13.2 Å². The zero-order valence-corrected chi connectivity index (χ0v) is 13.6. The van der Waals surface area contributed by atoms with Gasteiger partial charge < -0.3 is 14.2 Å². The van der Waals surface area contributed by atoms with Crippen LogP contribution < -0.4 is 0 Å². The van der Waals surface area contributed by atoms with Crippen LogP contribution in [0.5, 0.6) is 0 Å². The van der Waals surface area contributed by atoms with Gasteiger partial charge in [0.05, 0.1) is 37.8 Å². The first kappa shape index (κ1) is 14.8. The van der Waals surface area contributed by atoms with Crippen LogP contribution in [0.2, 0.25) is 0 Å². The Hall–Kier alpha value is -1.73. The molecule has 1 N–H and O–H groups in total. The second kappa shape index (κ2) is 6.41. The molecular weight excluding hydrogens is 310 g/mol. The Kier molecular flexibility index (Phi) is 4.13. The van der Waals surface area contributed by atoms with Crippen molar-refractivity contribution >= 4 is 16.9 Å². The third kappa shape index (κ3) is 2.90. The number of hydrogen-bond donors (Lipinski definition) is 1. The average Bonchev–Trinajstić information content (AvgIpc) is 3.19. The van der Waals surface area contributed by atoms with E-state index in [2.05, 4.69) is 14.7 Å². The molecule has 1 fully saturated rings. The molecular formula is C17H19N3O2S. The summed E-state index contributed by atoms with van der Waals surface area (Å²) < 4.78 is 7.49. The van der Waals surface area contributed by atoms with E-state index < -0.39 is 0 Å². The molecule has 0 saturated carbocycles. The summed E-state index contributed by atoms with van der Waals surface area (Å²) in [5.74, 6) is 0. The smallest absolute Gasteiger partial charge is 0.107 e. The van der Waals surface area contributed by atoms with Gasteiger partial charge in [-0.05, 0) is 18.2 Å². The van der Waals surface area contributed by atoms with E-state index in [1.165, 1.54) is 0 Å². The van der Waals surface area contributed by atoms with Crippen molar-refractivity contribution in [3.05, 3.63) is 46.4 Å². The minimum absolute atomic E-state index is 0.0212. The largest absolute Gasteiger partial charge is 0.392 e. The van der Waals surface area contributed by atoms with Crippen molar-refractivity contribution in [2.24, 2.45) is 0 Å². The van der Waals surface area contributed by atoms with Crippen LogP contribution in [0.25, 0.3) is 16.9 Å². The monoisotopic (exact) mass is 329 g/mol. The third-order valence-electron chi connectivity index (χ3n) is 4.19. The summed E-state index contributed by atoms with van der Waals surface area (Å²) in [5.41, 5.74) is 3.93. The maximum absolute atomic E-state index is 9.69. The molecule has 0 aliphatic carbocycles. The lowest BCUT2D eigenvalue weighted by Gasteiger charge is -2.25. The van der Waals surface area contributed by atoms with Gasteiger partial charge in [0.25, 0.3) is 0 Å². The maximum atomic E-state index is 9.69. The van der Waals surface area contributed by atoms with E-state index in [0.29, 0.717) is 0 Å². The molecule has 120 valence electrons. The van der Waals surface area contributed by atoms with E-state index in [1.54, 1.807) is 11.3 Å². The molecule has 1 aliphatic rings.